The highest BCUT2D eigenvalue weighted by Crippen LogP contribution is 2.39. The van der Waals surface area contributed by atoms with Crippen LogP contribution in [0.25, 0.3) is 0 Å². The van der Waals surface area contributed by atoms with Gasteiger partial charge in [0, 0.05) is 12.1 Å². The number of carbonyl (C=O) groups excluding carboxylic acids is 1. The Bertz CT molecular complexity index is 475. The molecule has 1 aliphatic rings. The average Bonchev–Trinajstić information content (AvgIpc) is 2.63. The van der Waals surface area contributed by atoms with E-state index in [4.69, 9.17) is 21.1 Å². The smallest absolute Gasteiger partial charge is 0.454 e. The van der Waals surface area contributed by atoms with Crippen LogP contribution in [0.4, 0.5) is 18.9 Å². The minimum absolute atomic E-state index is 0.0394. The first kappa shape index (κ1) is 11.8. The van der Waals surface area contributed by atoms with Crippen LogP contribution in [0.2, 0.25) is 5.02 Å². The second-order valence-corrected chi connectivity index (χ2v) is 3.54. The zero-order valence-corrected chi connectivity index (χ0v) is 8.85. The molecule has 0 fully saturated rings. The number of nitrogens with one attached hydrogen (secondary N) is 1. The minimum atomic E-state index is -4.97. The predicted octanol–water partition coefficient (Wildman–Crippen LogP) is 2.57. The lowest BCUT2D eigenvalue weighted by molar-refractivity contribution is -0.167. The predicted molar refractivity (Wildman–Crippen MR) is 52.3 cm³/mol. The summed E-state index contributed by atoms with van der Waals surface area (Å²) in [5.41, 5.74) is -0.182. The number of fused-ring (bicyclic) bond motifs is 1. The molecule has 0 atom stereocenters. The van der Waals surface area contributed by atoms with Crippen molar-refractivity contribution < 1.29 is 27.4 Å². The van der Waals surface area contributed by atoms with Crippen molar-refractivity contribution in [2.24, 2.45) is 0 Å². The molecule has 0 saturated carbocycles. The van der Waals surface area contributed by atoms with Crippen molar-refractivity contribution in [2.75, 3.05) is 12.1 Å². The molecule has 1 aromatic carbocycles. The van der Waals surface area contributed by atoms with E-state index in [0.29, 0.717) is 5.75 Å². The first-order valence-corrected chi connectivity index (χ1v) is 4.73. The summed E-state index contributed by atoms with van der Waals surface area (Å²) in [6.45, 7) is -0.0394. The van der Waals surface area contributed by atoms with Gasteiger partial charge >= 0.3 is 12.1 Å². The van der Waals surface area contributed by atoms with E-state index < -0.39 is 12.1 Å². The van der Waals surface area contributed by atoms with Crippen LogP contribution >= 0.6 is 11.6 Å². The van der Waals surface area contributed by atoms with E-state index in [1.807, 2.05) is 0 Å². The third-order valence-corrected chi connectivity index (χ3v) is 2.28. The molecule has 1 aliphatic heterocycles. The number of rotatable bonds is 1. The lowest BCUT2D eigenvalue weighted by Crippen LogP contribution is -2.30. The molecule has 0 spiro atoms. The van der Waals surface area contributed by atoms with Gasteiger partial charge in [-0.1, -0.05) is 11.6 Å². The van der Waals surface area contributed by atoms with E-state index in [-0.39, 0.29) is 23.3 Å². The largest absolute Gasteiger partial charge is 0.471 e. The number of amides is 1. The molecule has 0 aromatic heterocycles. The third kappa shape index (κ3) is 2.38. The Labute approximate surface area is 98.3 Å². The van der Waals surface area contributed by atoms with E-state index in [0.717, 1.165) is 0 Å². The Morgan fingerprint density at radius 3 is 2.47 bits per heavy atom. The van der Waals surface area contributed by atoms with Crippen LogP contribution in [0, 0.1) is 0 Å². The molecule has 0 aliphatic carbocycles. The van der Waals surface area contributed by atoms with Gasteiger partial charge in [-0.3, -0.25) is 4.79 Å². The van der Waals surface area contributed by atoms with Crippen LogP contribution in [0.15, 0.2) is 12.1 Å². The van der Waals surface area contributed by atoms with Gasteiger partial charge < -0.3 is 14.8 Å². The molecular formula is C9H5ClF3NO3. The number of ether oxygens (including phenoxy) is 2. The average molecular weight is 268 g/mol. The molecule has 0 unspecified atom stereocenters. The summed E-state index contributed by atoms with van der Waals surface area (Å²) in [4.78, 5) is 10.7. The standard InChI is InChI=1S/C9H5ClF3NO3/c10-4-1-6-7(17-3-16-6)2-5(4)14-8(15)9(11,12)13/h1-2H,3H2,(H,14,15). The van der Waals surface area contributed by atoms with Crippen molar-refractivity contribution in [2.45, 2.75) is 6.18 Å². The molecule has 4 nitrogen and oxygen atoms in total. The van der Waals surface area contributed by atoms with Crippen molar-refractivity contribution in [3.05, 3.63) is 17.2 Å². The van der Waals surface area contributed by atoms with Gasteiger partial charge in [0.2, 0.25) is 6.79 Å². The maximum Gasteiger partial charge on any atom is 0.471 e. The van der Waals surface area contributed by atoms with Gasteiger partial charge in [-0.25, -0.2) is 0 Å². The molecule has 1 aromatic rings. The van der Waals surface area contributed by atoms with E-state index in [2.05, 4.69) is 0 Å². The fourth-order valence-electron chi connectivity index (χ4n) is 1.21. The summed E-state index contributed by atoms with van der Waals surface area (Å²) in [6.07, 6.45) is -4.97. The second kappa shape index (κ2) is 3.99. The summed E-state index contributed by atoms with van der Waals surface area (Å²) in [7, 11) is 0. The Morgan fingerprint density at radius 1 is 1.29 bits per heavy atom. The fraction of sp³-hybridized carbons (Fsp3) is 0.222. The van der Waals surface area contributed by atoms with Crippen LogP contribution in [-0.2, 0) is 4.79 Å². The van der Waals surface area contributed by atoms with Gasteiger partial charge in [-0.05, 0) is 0 Å². The Morgan fingerprint density at radius 2 is 1.88 bits per heavy atom. The number of halogens is 4. The van der Waals surface area contributed by atoms with Gasteiger partial charge in [0.25, 0.3) is 0 Å². The van der Waals surface area contributed by atoms with Crippen molar-refractivity contribution in [3.8, 4) is 11.5 Å². The molecular weight excluding hydrogens is 263 g/mol. The summed E-state index contributed by atoms with van der Waals surface area (Å²) in [5, 5.41) is 1.59. The van der Waals surface area contributed by atoms with Crippen molar-refractivity contribution in [1.82, 2.24) is 0 Å². The van der Waals surface area contributed by atoms with E-state index in [9.17, 15) is 18.0 Å². The van der Waals surface area contributed by atoms with E-state index in [1.165, 1.54) is 12.1 Å². The Hall–Kier alpha value is -1.63. The number of alkyl halides is 3. The van der Waals surface area contributed by atoms with Crippen LogP contribution in [0.1, 0.15) is 0 Å². The summed E-state index contributed by atoms with van der Waals surface area (Å²) < 4.78 is 46.0. The van der Waals surface area contributed by atoms with Crippen LogP contribution in [0.3, 0.4) is 0 Å². The van der Waals surface area contributed by atoms with E-state index >= 15 is 0 Å². The normalized spacial score (nSPS) is 13.6. The number of benzene rings is 1. The highest BCUT2D eigenvalue weighted by atomic mass is 35.5. The first-order valence-electron chi connectivity index (χ1n) is 4.35. The van der Waals surface area contributed by atoms with Crippen molar-refractivity contribution in [3.63, 3.8) is 0 Å². The monoisotopic (exact) mass is 267 g/mol. The molecule has 8 heteroatoms. The maximum absolute atomic E-state index is 12.0. The molecule has 0 radical (unpaired) electrons. The number of hydrogen-bond donors (Lipinski definition) is 1. The summed E-state index contributed by atoms with van der Waals surface area (Å²) in [6, 6.07) is 2.45. The highest BCUT2D eigenvalue weighted by Gasteiger charge is 2.39. The van der Waals surface area contributed by atoms with Gasteiger partial charge in [-0.15, -0.1) is 0 Å². The number of anilines is 1. The third-order valence-electron chi connectivity index (χ3n) is 1.97. The van der Waals surface area contributed by atoms with E-state index in [1.54, 1.807) is 5.32 Å². The topological polar surface area (TPSA) is 47.6 Å². The lowest BCUT2D eigenvalue weighted by Gasteiger charge is -2.10. The van der Waals surface area contributed by atoms with Gasteiger partial charge in [0.1, 0.15) is 0 Å². The van der Waals surface area contributed by atoms with Crippen molar-refractivity contribution >= 4 is 23.2 Å². The Kier molecular flexibility index (Phi) is 2.78. The molecule has 1 N–H and O–H groups in total. The van der Waals surface area contributed by atoms with Crippen LogP contribution < -0.4 is 14.8 Å². The SMILES string of the molecule is O=C(Nc1cc2c(cc1Cl)OCO2)C(F)(F)F. The number of hydrogen-bond acceptors (Lipinski definition) is 3. The molecule has 2 rings (SSSR count). The number of carbonyl (C=O) groups is 1. The maximum atomic E-state index is 12.0. The first-order chi connectivity index (χ1) is 7.88. The zero-order valence-electron chi connectivity index (χ0n) is 8.10. The molecule has 92 valence electrons. The lowest BCUT2D eigenvalue weighted by atomic mass is 10.2. The van der Waals surface area contributed by atoms with Gasteiger partial charge in [0.15, 0.2) is 11.5 Å². The molecule has 1 amide bonds. The molecule has 1 heterocycles. The quantitative estimate of drug-likeness (QED) is 0.851. The minimum Gasteiger partial charge on any atom is -0.454 e. The van der Waals surface area contributed by atoms with Gasteiger partial charge in [0.05, 0.1) is 10.7 Å². The molecule has 17 heavy (non-hydrogen) atoms. The second-order valence-electron chi connectivity index (χ2n) is 3.14. The Balaban J connectivity index is 2.25. The zero-order chi connectivity index (χ0) is 12.6. The van der Waals surface area contributed by atoms with Crippen LogP contribution in [0.5, 0.6) is 11.5 Å². The molecule has 0 bridgehead atoms. The summed E-state index contributed by atoms with van der Waals surface area (Å²) in [5.74, 6) is -1.55. The van der Waals surface area contributed by atoms with Crippen molar-refractivity contribution in [1.29, 1.82) is 0 Å². The molecule has 0 saturated heterocycles. The fourth-order valence-corrected chi connectivity index (χ4v) is 1.41. The van der Waals surface area contributed by atoms with Crippen LogP contribution in [-0.4, -0.2) is 18.9 Å². The highest BCUT2D eigenvalue weighted by molar-refractivity contribution is 6.34. The van der Waals surface area contributed by atoms with Gasteiger partial charge in [-0.2, -0.15) is 13.2 Å². The summed E-state index contributed by atoms with van der Waals surface area (Å²) >= 11 is 5.68.